The third-order valence-corrected chi connectivity index (χ3v) is 2.09. The van der Waals surface area contributed by atoms with E-state index >= 15 is 0 Å². The summed E-state index contributed by atoms with van der Waals surface area (Å²) in [6, 6.07) is 4.90. The Bertz CT molecular complexity index is 421. The van der Waals surface area contributed by atoms with Crippen LogP contribution >= 0.6 is 11.6 Å². The summed E-state index contributed by atoms with van der Waals surface area (Å²) in [7, 11) is 1.47. The zero-order chi connectivity index (χ0) is 10.7. The predicted molar refractivity (Wildman–Crippen MR) is 52.7 cm³/mol. The van der Waals surface area contributed by atoms with E-state index in [-0.39, 0.29) is 21.9 Å². The summed E-state index contributed by atoms with van der Waals surface area (Å²) in [5.41, 5.74) is 0.483. The molecule has 1 aromatic rings. The molecule has 4 heteroatoms. The molecule has 0 aromatic heterocycles. The van der Waals surface area contributed by atoms with Gasteiger partial charge in [0, 0.05) is 11.6 Å². The van der Waals surface area contributed by atoms with E-state index in [0.717, 1.165) is 0 Å². The van der Waals surface area contributed by atoms with Gasteiger partial charge in [0.15, 0.2) is 5.78 Å². The summed E-state index contributed by atoms with van der Waals surface area (Å²) in [6.07, 6.45) is 0. The highest BCUT2D eigenvalue weighted by atomic mass is 35.5. The number of methoxy groups -OCH3 is 1. The van der Waals surface area contributed by atoms with Crippen molar-refractivity contribution in [2.45, 2.75) is 6.92 Å². The lowest BCUT2D eigenvalue weighted by molar-refractivity contribution is 0.101. The molecule has 0 spiro atoms. The summed E-state index contributed by atoms with van der Waals surface area (Å²) in [4.78, 5) is 11.2. The molecule has 3 nitrogen and oxygen atoms in total. The van der Waals surface area contributed by atoms with Crippen LogP contribution in [0.25, 0.3) is 0 Å². The first-order chi connectivity index (χ1) is 6.60. The second-order valence-electron chi connectivity index (χ2n) is 2.70. The minimum Gasteiger partial charge on any atom is -0.497 e. The van der Waals surface area contributed by atoms with Crippen molar-refractivity contribution in [2.24, 2.45) is 0 Å². The molecule has 0 aliphatic heterocycles. The number of ketones is 1. The van der Waals surface area contributed by atoms with Crippen molar-refractivity contribution in [3.8, 4) is 11.8 Å². The number of halogens is 1. The van der Waals surface area contributed by atoms with Crippen molar-refractivity contribution >= 4 is 17.4 Å². The Kier molecular flexibility index (Phi) is 3.10. The molecule has 0 unspecified atom stereocenters. The van der Waals surface area contributed by atoms with Crippen LogP contribution in [-0.4, -0.2) is 12.9 Å². The third-order valence-electron chi connectivity index (χ3n) is 1.79. The second-order valence-corrected chi connectivity index (χ2v) is 3.11. The zero-order valence-electron chi connectivity index (χ0n) is 7.80. The van der Waals surface area contributed by atoms with Crippen LogP contribution in [0.5, 0.6) is 5.75 Å². The van der Waals surface area contributed by atoms with Crippen LogP contribution in [0.1, 0.15) is 22.8 Å². The number of nitriles is 1. The average molecular weight is 210 g/mol. The molecule has 1 rings (SSSR count). The number of benzene rings is 1. The average Bonchev–Trinajstić information content (AvgIpc) is 2.16. The summed E-state index contributed by atoms with van der Waals surface area (Å²) < 4.78 is 4.94. The van der Waals surface area contributed by atoms with E-state index in [0.29, 0.717) is 5.75 Å². The largest absolute Gasteiger partial charge is 0.497 e. The molecule has 0 atom stereocenters. The highest BCUT2D eigenvalue weighted by Crippen LogP contribution is 2.26. The fourth-order valence-corrected chi connectivity index (χ4v) is 1.34. The maximum atomic E-state index is 11.2. The predicted octanol–water partition coefficient (Wildman–Crippen LogP) is 2.42. The van der Waals surface area contributed by atoms with Gasteiger partial charge in [-0.15, -0.1) is 0 Å². The minimum atomic E-state index is -0.206. The molecule has 0 saturated heterocycles. The fourth-order valence-electron chi connectivity index (χ4n) is 1.09. The van der Waals surface area contributed by atoms with Crippen LogP contribution in [-0.2, 0) is 0 Å². The molecule has 1 aromatic carbocycles. The Labute approximate surface area is 86.9 Å². The van der Waals surface area contributed by atoms with Gasteiger partial charge in [-0.05, 0) is 13.0 Å². The molecule has 14 heavy (non-hydrogen) atoms. The van der Waals surface area contributed by atoms with E-state index in [1.807, 2.05) is 6.07 Å². The highest BCUT2D eigenvalue weighted by Gasteiger charge is 2.12. The lowest BCUT2D eigenvalue weighted by Gasteiger charge is -2.05. The lowest BCUT2D eigenvalue weighted by atomic mass is 10.0. The smallest absolute Gasteiger partial charge is 0.161 e. The van der Waals surface area contributed by atoms with E-state index in [9.17, 15) is 4.79 Å². The Morgan fingerprint density at radius 2 is 2.21 bits per heavy atom. The van der Waals surface area contributed by atoms with E-state index in [2.05, 4.69) is 0 Å². The van der Waals surface area contributed by atoms with Crippen molar-refractivity contribution in [3.05, 3.63) is 28.3 Å². The van der Waals surface area contributed by atoms with Crippen LogP contribution in [0.3, 0.4) is 0 Å². The highest BCUT2D eigenvalue weighted by molar-refractivity contribution is 6.32. The lowest BCUT2D eigenvalue weighted by Crippen LogP contribution is -1.98. The van der Waals surface area contributed by atoms with Gasteiger partial charge in [-0.2, -0.15) is 5.26 Å². The monoisotopic (exact) mass is 209 g/mol. The number of nitrogens with zero attached hydrogens (tertiary/aromatic N) is 1. The van der Waals surface area contributed by atoms with E-state index in [1.54, 1.807) is 0 Å². The summed E-state index contributed by atoms with van der Waals surface area (Å²) in [6.45, 7) is 1.38. The quantitative estimate of drug-likeness (QED) is 0.703. The first-order valence-corrected chi connectivity index (χ1v) is 4.26. The number of hydrogen-bond acceptors (Lipinski definition) is 3. The number of carbonyl (C=O) groups excluding carboxylic acids is 1. The van der Waals surface area contributed by atoms with Crippen LogP contribution in [0.4, 0.5) is 0 Å². The third kappa shape index (κ3) is 1.86. The maximum absolute atomic E-state index is 11.2. The molecule has 0 radical (unpaired) electrons. The molecule has 0 heterocycles. The van der Waals surface area contributed by atoms with Gasteiger partial charge < -0.3 is 4.74 Å². The van der Waals surface area contributed by atoms with Crippen molar-refractivity contribution < 1.29 is 9.53 Å². The van der Waals surface area contributed by atoms with Crippen LogP contribution < -0.4 is 4.74 Å². The van der Waals surface area contributed by atoms with Crippen molar-refractivity contribution in [1.29, 1.82) is 5.26 Å². The molecular formula is C10H8ClNO2. The van der Waals surface area contributed by atoms with Gasteiger partial charge in [0.1, 0.15) is 11.8 Å². The van der Waals surface area contributed by atoms with Gasteiger partial charge in [-0.1, -0.05) is 11.6 Å². The van der Waals surface area contributed by atoms with E-state index in [1.165, 1.54) is 26.2 Å². The van der Waals surface area contributed by atoms with Crippen molar-refractivity contribution in [3.63, 3.8) is 0 Å². The Morgan fingerprint density at radius 3 is 2.64 bits per heavy atom. The van der Waals surface area contributed by atoms with Gasteiger partial charge >= 0.3 is 0 Å². The number of ether oxygens (including phenoxy) is 1. The van der Waals surface area contributed by atoms with Crippen LogP contribution in [0.2, 0.25) is 5.02 Å². The zero-order valence-corrected chi connectivity index (χ0v) is 8.55. The first-order valence-electron chi connectivity index (χ1n) is 3.88. The van der Waals surface area contributed by atoms with Gasteiger partial charge in [-0.3, -0.25) is 4.79 Å². The molecule has 0 aliphatic carbocycles. The van der Waals surface area contributed by atoms with E-state index < -0.39 is 0 Å². The standard InChI is InChI=1S/C10H8ClNO2/c1-6(13)8-3-7(14-2)4-10(11)9(8)5-12/h3-4H,1-2H3. The SMILES string of the molecule is COc1cc(Cl)c(C#N)c(C(C)=O)c1. The number of Topliss-reactive ketones (excluding diaryl/α,β-unsaturated/α-hetero) is 1. The number of carbonyl (C=O) groups is 1. The minimum absolute atomic E-state index is 0.194. The molecule has 0 saturated carbocycles. The molecule has 0 amide bonds. The molecule has 0 aliphatic rings. The molecule has 0 fully saturated rings. The Hall–Kier alpha value is -1.53. The number of rotatable bonds is 2. The fraction of sp³-hybridized carbons (Fsp3) is 0.200. The van der Waals surface area contributed by atoms with Gasteiger partial charge in [0.2, 0.25) is 0 Å². The summed E-state index contributed by atoms with van der Waals surface area (Å²) in [5.74, 6) is 0.265. The van der Waals surface area contributed by atoms with Crippen molar-refractivity contribution in [2.75, 3.05) is 7.11 Å². The first kappa shape index (κ1) is 10.6. The Balaban J connectivity index is 3.45. The van der Waals surface area contributed by atoms with Gasteiger partial charge in [0.05, 0.1) is 17.7 Å². The van der Waals surface area contributed by atoms with Gasteiger partial charge in [0.25, 0.3) is 0 Å². The molecule has 0 N–H and O–H groups in total. The normalized spacial score (nSPS) is 9.29. The number of hydrogen-bond donors (Lipinski definition) is 0. The molecular weight excluding hydrogens is 202 g/mol. The van der Waals surface area contributed by atoms with E-state index in [4.69, 9.17) is 21.6 Å². The van der Waals surface area contributed by atoms with Crippen LogP contribution in [0.15, 0.2) is 12.1 Å². The summed E-state index contributed by atoms with van der Waals surface area (Å²) in [5, 5.41) is 9.02. The molecule has 0 bridgehead atoms. The topological polar surface area (TPSA) is 50.1 Å². The van der Waals surface area contributed by atoms with Crippen LogP contribution in [0, 0.1) is 11.3 Å². The summed E-state index contributed by atoms with van der Waals surface area (Å²) >= 11 is 5.80. The van der Waals surface area contributed by atoms with Gasteiger partial charge in [-0.25, -0.2) is 0 Å². The Morgan fingerprint density at radius 1 is 1.57 bits per heavy atom. The maximum Gasteiger partial charge on any atom is 0.161 e. The molecule has 72 valence electrons. The second kappa shape index (κ2) is 4.12. The van der Waals surface area contributed by atoms with Crippen molar-refractivity contribution in [1.82, 2.24) is 0 Å².